The maximum atomic E-state index is 12.1. The van der Waals surface area contributed by atoms with Crippen LogP contribution in [0.4, 0.5) is 0 Å². The van der Waals surface area contributed by atoms with E-state index in [4.69, 9.17) is 4.52 Å². The average molecular weight is 301 g/mol. The fourth-order valence-electron chi connectivity index (χ4n) is 2.18. The fourth-order valence-corrected chi connectivity index (χ4v) is 2.97. The molecule has 0 saturated heterocycles. The molecule has 0 fully saturated rings. The van der Waals surface area contributed by atoms with Crippen LogP contribution in [0, 0.1) is 13.8 Å². The lowest BCUT2D eigenvalue weighted by atomic mass is 10.3. The predicted octanol–water partition coefficient (Wildman–Crippen LogP) is 2.73. The van der Waals surface area contributed by atoms with Crippen LogP contribution in [0.1, 0.15) is 22.8 Å². The van der Waals surface area contributed by atoms with Gasteiger partial charge >= 0.3 is 0 Å². The van der Waals surface area contributed by atoms with Crippen molar-refractivity contribution in [3.63, 3.8) is 0 Å². The van der Waals surface area contributed by atoms with Gasteiger partial charge in [-0.05, 0) is 26.0 Å². The Labute approximate surface area is 126 Å². The van der Waals surface area contributed by atoms with E-state index in [0.717, 1.165) is 28.6 Å². The Bertz CT molecular complexity index is 838. The number of fused-ring (bicyclic) bond motifs is 1. The first-order valence-corrected chi connectivity index (χ1v) is 7.77. The van der Waals surface area contributed by atoms with Gasteiger partial charge < -0.3 is 4.52 Å². The number of thioether (sulfide) groups is 1. The van der Waals surface area contributed by atoms with E-state index >= 15 is 0 Å². The molecule has 0 N–H and O–H groups in total. The molecule has 6 heteroatoms. The third-order valence-electron chi connectivity index (χ3n) is 3.10. The first kappa shape index (κ1) is 13.9. The van der Waals surface area contributed by atoms with Crippen molar-refractivity contribution in [2.75, 3.05) is 0 Å². The summed E-state index contributed by atoms with van der Waals surface area (Å²) in [6.45, 7) is 3.79. The van der Waals surface area contributed by atoms with Crippen LogP contribution in [0.3, 0.4) is 0 Å². The number of pyridine rings is 1. The third-order valence-corrected chi connectivity index (χ3v) is 4.09. The smallest absolute Gasteiger partial charge is 0.258 e. The number of nitrogens with zero attached hydrogens (tertiary/aromatic N) is 3. The van der Waals surface area contributed by atoms with Gasteiger partial charge in [-0.2, -0.15) is 0 Å². The maximum absolute atomic E-state index is 12.1. The van der Waals surface area contributed by atoms with Crippen molar-refractivity contribution < 1.29 is 4.52 Å². The highest BCUT2D eigenvalue weighted by molar-refractivity contribution is 7.97. The molecule has 0 aliphatic carbocycles. The average Bonchev–Trinajstić information content (AvgIpc) is 2.84. The normalized spacial score (nSPS) is 11.1. The van der Waals surface area contributed by atoms with Crippen molar-refractivity contribution >= 4 is 17.4 Å². The molecule has 3 aromatic rings. The van der Waals surface area contributed by atoms with Crippen molar-refractivity contribution in [3.05, 3.63) is 63.5 Å². The molecule has 3 rings (SSSR count). The Morgan fingerprint density at radius 2 is 2.10 bits per heavy atom. The lowest BCUT2D eigenvalue weighted by Gasteiger charge is -2.06. The molecule has 3 heterocycles. The number of rotatable bonds is 4. The van der Waals surface area contributed by atoms with Gasteiger partial charge in [0.15, 0.2) is 0 Å². The highest BCUT2D eigenvalue weighted by Gasteiger charge is 2.06. The second-order valence-electron chi connectivity index (χ2n) is 4.87. The minimum Gasteiger partial charge on any atom is -0.360 e. The van der Waals surface area contributed by atoms with E-state index in [2.05, 4.69) is 10.1 Å². The molecule has 0 aromatic carbocycles. The molecule has 5 nitrogen and oxygen atoms in total. The molecule has 0 saturated carbocycles. The van der Waals surface area contributed by atoms with Crippen LogP contribution in [0.25, 0.3) is 5.65 Å². The molecule has 0 bridgehead atoms. The van der Waals surface area contributed by atoms with Crippen molar-refractivity contribution in [1.82, 2.24) is 14.5 Å². The molecule has 108 valence electrons. The number of hydrogen-bond acceptors (Lipinski definition) is 5. The zero-order chi connectivity index (χ0) is 14.8. The van der Waals surface area contributed by atoms with Gasteiger partial charge in [0.1, 0.15) is 11.4 Å². The van der Waals surface area contributed by atoms with Crippen molar-refractivity contribution in [1.29, 1.82) is 0 Å². The van der Waals surface area contributed by atoms with Crippen LogP contribution >= 0.6 is 11.8 Å². The molecular weight excluding hydrogens is 286 g/mol. The lowest BCUT2D eigenvalue weighted by Crippen LogP contribution is -2.17. The van der Waals surface area contributed by atoms with Crippen LogP contribution in [0.2, 0.25) is 0 Å². The summed E-state index contributed by atoms with van der Waals surface area (Å²) in [4.78, 5) is 16.7. The minimum atomic E-state index is -0.0378. The molecule has 0 unspecified atom stereocenters. The van der Waals surface area contributed by atoms with Crippen LogP contribution in [-0.2, 0) is 11.5 Å². The quantitative estimate of drug-likeness (QED) is 0.741. The molecular formula is C15H15N3O2S. The third kappa shape index (κ3) is 3.00. The Balaban J connectivity index is 1.77. The van der Waals surface area contributed by atoms with Crippen molar-refractivity contribution in [3.8, 4) is 0 Å². The number of hydrogen-bond donors (Lipinski definition) is 0. The first-order chi connectivity index (χ1) is 10.1. The Morgan fingerprint density at radius 1 is 1.24 bits per heavy atom. The predicted molar refractivity (Wildman–Crippen MR) is 82.4 cm³/mol. The second-order valence-corrected chi connectivity index (χ2v) is 5.86. The number of aryl methyl sites for hydroxylation is 2. The molecule has 0 spiro atoms. The van der Waals surface area contributed by atoms with Crippen LogP contribution in [0.15, 0.2) is 39.6 Å². The van der Waals surface area contributed by atoms with E-state index in [1.807, 2.05) is 38.1 Å². The van der Waals surface area contributed by atoms with Gasteiger partial charge in [0.05, 0.1) is 17.1 Å². The highest BCUT2D eigenvalue weighted by atomic mass is 32.2. The SMILES string of the molecule is Cc1cc(CSCc2cc(=O)n3c(C)cccc3n2)on1. The van der Waals surface area contributed by atoms with Crippen LogP contribution in [0.5, 0.6) is 0 Å². The monoisotopic (exact) mass is 301 g/mol. The molecule has 0 aliphatic heterocycles. The van der Waals surface area contributed by atoms with Gasteiger partial charge in [-0.15, -0.1) is 11.8 Å². The Kier molecular flexibility index (Phi) is 3.79. The van der Waals surface area contributed by atoms with Crippen molar-refractivity contribution in [2.45, 2.75) is 25.4 Å². The molecule has 0 amide bonds. The van der Waals surface area contributed by atoms with E-state index in [1.165, 1.54) is 0 Å². The van der Waals surface area contributed by atoms with Crippen LogP contribution in [-0.4, -0.2) is 14.5 Å². The Morgan fingerprint density at radius 3 is 2.86 bits per heavy atom. The van der Waals surface area contributed by atoms with E-state index in [9.17, 15) is 4.79 Å². The highest BCUT2D eigenvalue weighted by Crippen LogP contribution is 2.17. The van der Waals surface area contributed by atoms with Crippen molar-refractivity contribution in [2.24, 2.45) is 0 Å². The Hall–Kier alpha value is -2.08. The van der Waals surface area contributed by atoms with Gasteiger partial charge in [-0.3, -0.25) is 9.20 Å². The lowest BCUT2D eigenvalue weighted by molar-refractivity contribution is 0.391. The summed E-state index contributed by atoms with van der Waals surface area (Å²) >= 11 is 1.65. The maximum Gasteiger partial charge on any atom is 0.258 e. The molecule has 0 radical (unpaired) electrons. The van der Waals surface area contributed by atoms with Crippen LogP contribution < -0.4 is 5.56 Å². The second kappa shape index (κ2) is 5.73. The summed E-state index contributed by atoms with van der Waals surface area (Å²) in [5, 5.41) is 3.85. The molecule has 3 aromatic heterocycles. The van der Waals surface area contributed by atoms with Gasteiger partial charge in [-0.1, -0.05) is 11.2 Å². The summed E-state index contributed by atoms with van der Waals surface area (Å²) in [6.07, 6.45) is 0. The molecule has 21 heavy (non-hydrogen) atoms. The zero-order valence-electron chi connectivity index (χ0n) is 11.9. The minimum absolute atomic E-state index is 0.0378. The summed E-state index contributed by atoms with van der Waals surface area (Å²) in [5.41, 5.74) is 3.20. The van der Waals surface area contributed by atoms with Gasteiger partial charge in [0.25, 0.3) is 5.56 Å². The summed E-state index contributed by atoms with van der Waals surface area (Å²) in [5.74, 6) is 2.22. The molecule has 0 atom stereocenters. The van der Waals surface area contributed by atoms with Gasteiger partial charge in [0.2, 0.25) is 0 Å². The van der Waals surface area contributed by atoms with E-state index in [1.54, 1.807) is 22.2 Å². The van der Waals surface area contributed by atoms with Gasteiger partial charge in [-0.25, -0.2) is 4.98 Å². The van der Waals surface area contributed by atoms with E-state index in [-0.39, 0.29) is 5.56 Å². The largest absolute Gasteiger partial charge is 0.360 e. The zero-order valence-corrected chi connectivity index (χ0v) is 12.7. The standard InChI is InChI=1S/C15H15N3O2S/c1-10-6-13(20-17-10)9-21-8-12-7-15(19)18-11(2)4-3-5-14(18)16-12/h3-7H,8-9H2,1-2H3. The first-order valence-electron chi connectivity index (χ1n) is 6.62. The molecule has 0 aliphatic rings. The topological polar surface area (TPSA) is 60.4 Å². The van der Waals surface area contributed by atoms with E-state index < -0.39 is 0 Å². The number of aromatic nitrogens is 3. The summed E-state index contributed by atoms with van der Waals surface area (Å²) < 4.78 is 6.77. The summed E-state index contributed by atoms with van der Waals surface area (Å²) in [7, 11) is 0. The van der Waals surface area contributed by atoms with Gasteiger partial charge in [0, 0.05) is 23.6 Å². The fraction of sp³-hybridized carbons (Fsp3) is 0.267. The summed E-state index contributed by atoms with van der Waals surface area (Å²) in [6, 6.07) is 9.17. The van der Waals surface area contributed by atoms with E-state index in [0.29, 0.717) is 11.4 Å².